The molecule has 2 aliphatic rings. The maximum absolute atomic E-state index is 11.9. The first-order chi connectivity index (χ1) is 8.58. The van der Waals surface area contributed by atoms with Crippen molar-refractivity contribution in [3.8, 4) is 0 Å². The predicted octanol–water partition coefficient (Wildman–Crippen LogP) is -0.706. The van der Waals surface area contributed by atoms with Gasteiger partial charge in [-0.05, 0) is 25.3 Å². The Morgan fingerprint density at radius 2 is 2.06 bits per heavy atom. The summed E-state index contributed by atoms with van der Waals surface area (Å²) in [5.41, 5.74) is 5.08. The van der Waals surface area contributed by atoms with Gasteiger partial charge in [-0.2, -0.15) is 0 Å². The Bertz CT molecular complexity index is 336. The topological polar surface area (TPSA) is 75.4 Å². The molecule has 0 radical (unpaired) electrons. The van der Waals surface area contributed by atoms with E-state index in [1.54, 1.807) is 0 Å². The fourth-order valence-corrected chi connectivity index (χ4v) is 3.90. The van der Waals surface area contributed by atoms with Crippen LogP contribution in [0.1, 0.15) is 19.8 Å². The van der Waals surface area contributed by atoms with E-state index in [4.69, 9.17) is 5.73 Å². The molecule has 1 aliphatic heterocycles. The Kier molecular flexibility index (Phi) is 4.40. The Hall–Kier alpha value is -0.460. The van der Waals surface area contributed by atoms with Gasteiger partial charge in [0.2, 0.25) is 5.91 Å². The number of likely N-dealkylation sites (N-methyl/N-ethyl adjacent to an activating group) is 1. The van der Waals surface area contributed by atoms with Gasteiger partial charge in [0, 0.05) is 41.9 Å². The first kappa shape index (κ1) is 14.0. The lowest BCUT2D eigenvalue weighted by Gasteiger charge is -2.38. The quantitative estimate of drug-likeness (QED) is 0.671. The molecular formula is C12H23N3O2S. The van der Waals surface area contributed by atoms with Gasteiger partial charge < -0.3 is 11.1 Å². The van der Waals surface area contributed by atoms with Crippen LogP contribution in [0, 0.1) is 5.92 Å². The fraction of sp³-hybridized carbons (Fsp3) is 0.917. The molecule has 0 aromatic heterocycles. The molecule has 2 rings (SSSR count). The third-order valence-corrected chi connectivity index (χ3v) is 5.23. The van der Waals surface area contributed by atoms with Crippen LogP contribution in [0.25, 0.3) is 0 Å². The smallest absolute Gasteiger partial charge is 0.239 e. The second kappa shape index (κ2) is 5.67. The molecule has 0 bridgehead atoms. The molecule has 1 amide bonds. The summed E-state index contributed by atoms with van der Waals surface area (Å²) >= 11 is 0. The predicted molar refractivity (Wildman–Crippen MR) is 72.6 cm³/mol. The van der Waals surface area contributed by atoms with E-state index in [-0.39, 0.29) is 5.91 Å². The molecule has 18 heavy (non-hydrogen) atoms. The van der Waals surface area contributed by atoms with Gasteiger partial charge in [-0.15, -0.1) is 0 Å². The van der Waals surface area contributed by atoms with Crippen molar-refractivity contribution >= 4 is 16.7 Å². The third-order valence-electron chi connectivity index (χ3n) is 3.95. The van der Waals surface area contributed by atoms with E-state index in [1.165, 1.54) is 0 Å². The second-order valence-electron chi connectivity index (χ2n) is 5.26. The first-order valence-corrected chi connectivity index (χ1v) is 8.19. The van der Waals surface area contributed by atoms with E-state index < -0.39 is 16.3 Å². The van der Waals surface area contributed by atoms with Crippen molar-refractivity contribution in [3.05, 3.63) is 0 Å². The van der Waals surface area contributed by atoms with Crippen LogP contribution in [0.2, 0.25) is 0 Å². The van der Waals surface area contributed by atoms with Gasteiger partial charge in [0.1, 0.15) is 5.54 Å². The van der Waals surface area contributed by atoms with Gasteiger partial charge in [-0.25, -0.2) is 0 Å². The Morgan fingerprint density at radius 3 is 2.50 bits per heavy atom. The molecule has 1 atom stereocenters. The average molecular weight is 273 g/mol. The van der Waals surface area contributed by atoms with Crippen LogP contribution in [-0.4, -0.2) is 58.2 Å². The summed E-state index contributed by atoms with van der Waals surface area (Å²) in [5.74, 6) is 1.57. The summed E-state index contributed by atoms with van der Waals surface area (Å²) in [6.07, 6.45) is 2.16. The van der Waals surface area contributed by atoms with Crippen LogP contribution in [0.3, 0.4) is 0 Å². The summed E-state index contributed by atoms with van der Waals surface area (Å²) in [5, 5.41) is 3.32. The van der Waals surface area contributed by atoms with Gasteiger partial charge in [-0.1, -0.05) is 6.92 Å². The molecule has 1 aliphatic carbocycles. The minimum absolute atomic E-state index is 0.237. The lowest BCUT2D eigenvalue weighted by Crippen LogP contribution is -2.64. The van der Waals surface area contributed by atoms with E-state index in [0.717, 1.165) is 32.5 Å². The van der Waals surface area contributed by atoms with Crippen LogP contribution in [0.15, 0.2) is 0 Å². The van der Waals surface area contributed by atoms with Crippen molar-refractivity contribution in [2.75, 3.05) is 37.7 Å². The highest BCUT2D eigenvalue weighted by Crippen LogP contribution is 2.40. The molecule has 0 aromatic carbocycles. The van der Waals surface area contributed by atoms with Gasteiger partial charge >= 0.3 is 0 Å². The average Bonchev–Trinajstić information content (AvgIpc) is 3.15. The number of carbonyl (C=O) groups is 1. The number of primary amides is 1. The number of nitrogens with one attached hydrogen (secondary N) is 1. The molecule has 0 spiro atoms. The van der Waals surface area contributed by atoms with Crippen LogP contribution in [0.5, 0.6) is 0 Å². The van der Waals surface area contributed by atoms with Gasteiger partial charge in [0.25, 0.3) is 0 Å². The van der Waals surface area contributed by atoms with Gasteiger partial charge in [0.15, 0.2) is 0 Å². The zero-order chi connectivity index (χ0) is 13.2. The molecule has 104 valence electrons. The molecule has 1 heterocycles. The van der Waals surface area contributed by atoms with E-state index in [0.29, 0.717) is 24.0 Å². The van der Waals surface area contributed by atoms with Crippen molar-refractivity contribution in [3.63, 3.8) is 0 Å². The summed E-state index contributed by atoms with van der Waals surface area (Å²) in [7, 11) is -0.677. The molecule has 1 saturated heterocycles. The number of nitrogens with two attached hydrogens (primary N) is 1. The Balaban J connectivity index is 2.04. The maximum atomic E-state index is 11.9. The summed E-state index contributed by atoms with van der Waals surface area (Å²) in [6.45, 7) is 5.03. The summed E-state index contributed by atoms with van der Waals surface area (Å²) in [6, 6.07) is 0. The Morgan fingerprint density at radius 1 is 1.44 bits per heavy atom. The zero-order valence-electron chi connectivity index (χ0n) is 11.0. The van der Waals surface area contributed by atoms with Gasteiger partial charge in [-0.3, -0.25) is 13.9 Å². The van der Waals surface area contributed by atoms with Crippen molar-refractivity contribution in [2.45, 2.75) is 25.3 Å². The molecule has 1 unspecified atom stereocenters. The number of rotatable bonds is 6. The highest BCUT2D eigenvalue weighted by molar-refractivity contribution is 7.85. The maximum Gasteiger partial charge on any atom is 0.239 e. The van der Waals surface area contributed by atoms with E-state index in [2.05, 4.69) is 10.2 Å². The van der Waals surface area contributed by atoms with Gasteiger partial charge in [0.05, 0.1) is 0 Å². The number of amides is 1. The second-order valence-corrected chi connectivity index (χ2v) is 6.96. The van der Waals surface area contributed by atoms with Crippen molar-refractivity contribution in [2.24, 2.45) is 11.7 Å². The summed E-state index contributed by atoms with van der Waals surface area (Å²) < 4.78 is 11.4. The molecule has 0 aromatic rings. The largest absolute Gasteiger partial charge is 0.368 e. The molecular weight excluding hydrogens is 250 g/mol. The number of hydrogen-bond acceptors (Lipinski definition) is 4. The van der Waals surface area contributed by atoms with Crippen molar-refractivity contribution in [1.29, 1.82) is 0 Å². The summed E-state index contributed by atoms with van der Waals surface area (Å²) in [4.78, 5) is 14.1. The third kappa shape index (κ3) is 2.92. The number of carbonyl (C=O) groups excluding carboxylic acids is 1. The van der Waals surface area contributed by atoms with E-state index >= 15 is 0 Å². The molecule has 6 heteroatoms. The standard InChI is InChI=1S/C12H23N3O2S/c1-2-14-12(11(13)16,10-3-4-10)9-15-5-7-18(17)8-6-15/h10,14H,2-9H2,1H3,(H2,13,16). The lowest BCUT2D eigenvalue weighted by atomic mass is 9.91. The van der Waals surface area contributed by atoms with Crippen molar-refractivity contribution in [1.82, 2.24) is 10.2 Å². The van der Waals surface area contributed by atoms with E-state index in [1.807, 2.05) is 6.92 Å². The van der Waals surface area contributed by atoms with Crippen LogP contribution >= 0.6 is 0 Å². The number of hydrogen-bond donors (Lipinski definition) is 2. The first-order valence-electron chi connectivity index (χ1n) is 6.70. The normalized spacial score (nSPS) is 25.8. The minimum atomic E-state index is -0.677. The highest BCUT2D eigenvalue weighted by atomic mass is 32.2. The highest BCUT2D eigenvalue weighted by Gasteiger charge is 2.50. The fourth-order valence-electron chi connectivity index (χ4n) is 2.77. The number of nitrogens with zero attached hydrogens (tertiary/aromatic N) is 1. The van der Waals surface area contributed by atoms with Crippen LogP contribution < -0.4 is 11.1 Å². The Labute approximate surface area is 111 Å². The van der Waals surface area contributed by atoms with E-state index in [9.17, 15) is 9.00 Å². The minimum Gasteiger partial charge on any atom is -0.368 e. The molecule has 2 fully saturated rings. The van der Waals surface area contributed by atoms with Crippen molar-refractivity contribution < 1.29 is 9.00 Å². The molecule has 5 nitrogen and oxygen atoms in total. The lowest BCUT2D eigenvalue weighted by molar-refractivity contribution is -0.126. The van der Waals surface area contributed by atoms with Crippen LogP contribution in [-0.2, 0) is 15.6 Å². The molecule has 3 N–H and O–H groups in total. The molecule has 1 saturated carbocycles. The SMILES string of the molecule is CCNC(CN1CCS(=O)CC1)(C(N)=O)C1CC1. The van der Waals surface area contributed by atoms with Crippen LogP contribution in [0.4, 0.5) is 0 Å². The monoisotopic (exact) mass is 273 g/mol. The zero-order valence-corrected chi connectivity index (χ0v) is 11.8.